The molecule has 0 saturated heterocycles. The highest BCUT2D eigenvalue weighted by Gasteiger charge is 2.01. The maximum Gasteiger partial charge on any atom is 0.234 e. The Morgan fingerprint density at radius 2 is 2.15 bits per heavy atom. The van der Waals surface area contributed by atoms with Gasteiger partial charge in [-0.25, -0.2) is 9.79 Å². The molecule has 0 bridgehead atoms. The third kappa shape index (κ3) is 7.90. The molecular formula is C9H19NO2Si. The van der Waals surface area contributed by atoms with E-state index in [9.17, 15) is 4.79 Å². The molecule has 0 saturated carbocycles. The second kappa shape index (κ2) is 9.64. The highest BCUT2D eigenvalue weighted by molar-refractivity contribution is 6.27. The first-order valence-electron chi connectivity index (χ1n) is 5.00. The summed E-state index contributed by atoms with van der Waals surface area (Å²) in [6.45, 7) is 4.92. The number of isocyanates is 1. The molecule has 0 aliphatic rings. The molecule has 0 fully saturated rings. The van der Waals surface area contributed by atoms with Crippen molar-refractivity contribution in [2.45, 2.75) is 45.3 Å². The van der Waals surface area contributed by atoms with Crippen LogP contribution in [0, 0.1) is 0 Å². The van der Waals surface area contributed by atoms with Crippen molar-refractivity contribution in [2.75, 3.05) is 6.54 Å². The average Bonchev–Trinajstić information content (AvgIpc) is 2.17. The molecule has 0 rings (SSSR count). The number of rotatable bonds is 8. The smallest absolute Gasteiger partial charge is 0.234 e. The Hall–Kier alpha value is -0.443. The van der Waals surface area contributed by atoms with Gasteiger partial charge >= 0.3 is 0 Å². The fraction of sp³-hybridized carbons (Fsp3) is 0.889. The van der Waals surface area contributed by atoms with Crippen molar-refractivity contribution in [1.82, 2.24) is 0 Å². The summed E-state index contributed by atoms with van der Waals surface area (Å²) in [5.41, 5.74) is 0. The van der Waals surface area contributed by atoms with E-state index in [4.69, 9.17) is 4.43 Å². The minimum atomic E-state index is -0.376. The van der Waals surface area contributed by atoms with E-state index in [2.05, 4.69) is 18.8 Å². The first-order valence-corrected chi connectivity index (χ1v) is 6.58. The van der Waals surface area contributed by atoms with Crippen LogP contribution < -0.4 is 0 Å². The van der Waals surface area contributed by atoms with Crippen LogP contribution in [0.4, 0.5) is 0 Å². The van der Waals surface area contributed by atoms with Crippen LogP contribution in [0.3, 0.4) is 0 Å². The van der Waals surface area contributed by atoms with E-state index in [1.807, 2.05) is 0 Å². The SMILES string of the molecule is CCC(CC)O[SiH2]CCCN=C=O. The van der Waals surface area contributed by atoms with Crippen LogP contribution in [0.1, 0.15) is 33.1 Å². The third-order valence-corrected chi connectivity index (χ3v) is 3.49. The van der Waals surface area contributed by atoms with Gasteiger partial charge in [0.05, 0.1) is 6.54 Å². The first kappa shape index (κ1) is 12.6. The summed E-state index contributed by atoms with van der Waals surface area (Å²) in [6, 6.07) is 1.11. The number of hydrogen-bond acceptors (Lipinski definition) is 3. The van der Waals surface area contributed by atoms with Gasteiger partial charge in [-0.15, -0.1) is 0 Å². The van der Waals surface area contributed by atoms with Crippen LogP contribution in [0.15, 0.2) is 4.99 Å². The summed E-state index contributed by atoms with van der Waals surface area (Å²) in [6.07, 6.45) is 5.19. The van der Waals surface area contributed by atoms with Gasteiger partial charge in [0.25, 0.3) is 0 Å². The summed E-state index contributed by atoms with van der Waals surface area (Å²) in [5, 5.41) is 0. The third-order valence-electron chi connectivity index (χ3n) is 1.99. The van der Waals surface area contributed by atoms with Gasteiger partial charge in [0.1, 0.15) is 0 Å². The van der Waals surface area contributed by atoms with Crippen LogP contribution in [0.2, 0.25) is 6.04 Å². The predicted octanol–water partition coefficient (Wildman–Crippen LogP) is 1.42. The summed E-state index contributed by atoms with van der Waals surface area (Å²) in [4.78, 5) is 13.2. The monoisotopic (exact) mass is 201 g/mol. The fourth-order valence-corrected chi connectivity index (χ4v) is 2.51. The maximum absolute atomic E-state index is 9.73. The van der Waals surface area contributed by atoms with Gasteiger partial charge in [0, 0.05) is 6.10 Å². The highest BCUT2D eigenvalue weighted by atomic mass is 28.2. The Labute approximate surface area is 82.5 Å². The summed E-state index contributed by atoms with van der Waals surface area (Å²) < 4.78 is 5.72. The van der Waals surface area contributed by atoms with E-state index in [-0.39, 0.29) is 9.76 Å². The standard InChI is InChI=1S/C9H19NO2Si/c1-3-9(4-2)12-13-7-5-6-10-8-11/h9H,3-7,13H2,1-2H3. The van der Waals surface area contributed by atoms with Crippen molar-refractivity contribution in [3.63, 3.8) is 0 Å². The van der Waals surface area contributed by atoms with Crippen molar-refractivity contribution in [3.05, 3.63) is 0 Å². The van der Waals surface area contributed by atoms with Gasteiger partial charge in [0.2, 0.25) is 6.08 Å². The lowest BCUT2D eigenvalue weighted by Gasteiger charge is -2.13. The molecule has 0 aromatic carbocycles. The molecule has 0 spiro atoms. The van der Waals surface area contributed by atoms with Gasteiger partial charge in [-0.05, 0) is 25.3 Å². The average molecular weight is 201 g/mol. The topological polar surface area (TPSA) is 38.7 Å². The molecule has 0 aromatic rings. The largest absolute Gasteiger partial charge is 0.421 e. The van der Waals surface area contributed by atoms with Crippen molar-refractivity contribution >= 4 is 15.8 Å². The summed E-state index contributed by atoms with van der Waals surface area (Å²) in [5.74, 6) is 0. The molecule has 0 N–H and O–H groups in total. The van der Waals surface area contributed by atoms with Gasteiger partial charge in [-0.3, -0.25) is 0 Å². The van der Waals surface area contributed by atoms with Gasteiger partial charge < -0.3 is 4.43 Å². The zero-order valence-electron chi connectivity index (χ0n) is 8.58. The van der Waals surface area contributed by atoms with Crippen molar-refractivity contribution in [1.29, 1.82) is 0 Å². The molecular weight excluding hydrogens is 182 g/mol. The number of nitrogens with zero attached hydrogens (tertiary/aromatic N) is 1. The van der Waals surface area contributed by atoms with E-state index in [1.54, 1.807) is 0 Å². The van der Waals surface area contributed by atoms with Crippen LogP contribution in [-0.2, 0) is 9.22 Å². The molecule has 0 aliphatic carbocycles. The molecule has 0 aromatic heterocycles. The summed E-state index contributed by atoms with van der Waals surface area (Å²) >= 11 is 0. The van der Waals surface area contributed by atoms with Crippen molar-refractivity contribution in [2.24, 2.45) is 4.99 Å². The molecule has 0 aliphatic heterocycles. The van der Waals surface area contributed by atoms with Crippen LogP contribution >= 0.6 is 0 Å². The quantitative estimate of drug-likeness (QED) is 0.258. The molecule has 13 heavy (non-hydrogen) atoms. The molecule has 0 radical (unpaired) electrons. The molecule has 0 atom stereocenters. The van der Waals surface area contributed by atoms with Gasteiger partial charge in [-0.2, -0.15) is 0 Å². The van der Waals surface area contributed by atoms with E-state index in [0.29, 0.717) is 12.6 Å². The lowest BCUT2D eigenvalue weighted by Crippen LogP contribution is -2.13. The Balaban J connectivity index is 3.18. The molecule has 0 unspecified atom stereocenters. The van der Waals surface area contributed by atoms with Crippen LogP contribution in [-0.4, -0.2) is 28.5 Å². The van der Waals surface area contributed by atoms with Crippen LogP contribution in [0.25, 0.3) is 0 Å². The molecule has 0 amide bonds. The minimum Gasteiger partial charge on any atom is -0.421 e. The lowest BCUT2D eigenvalue weighted by molar-refractivity contribution is 0.202. The zero-order valence-corrected chi connectivity index (χ0v) is 10.00. The van der Waals surface area contributed by atoms with Crippen LogP contribution in [0.5, 0.6) is 0 Å². The lowest BCUT2D eigenvalue weighted by atomic mass is 10.2. The first-order chi connectivity index (χ1) is 6.35. The van der Waals surface area contributed by atoms with E-state index < -0.39 is 0 Å². The molecule has 3 nitrogen and oxygen atoms in total. The Morgan fingerprint density at radius 3 is 2.69 bits per heavy atom. The second-order valence-corrected chi connectivity index (χ2v) is 4.44. The minimum absolute atomic E-state index is 0.376. The Morgan fingerprint density at radius 1 is 1.46 bits per heavy atom. The number of carbonyl (C=O) groups excluding carboxylic acids is 1. The maximum atomic E-state index is 9.73. The normalized spacial score (nSPS) is 11.0. The molecule has 76 valence electrons. The number of hydrogen-bond donors (Lipinski definition) is 0. The van der Waals surface area contributed by atoms with Gasteiger partial charge in [0.15, 0.2) is 9.76 Å². The fourth-order valence-electron chi connectivity index (χ4n) is 1.11. The molecule has 0 heterocycles. The Kier molecular flexibility index (Phi) is 9.31. The summed E-state index contributed by atoms with van der Waals surface area (Å²) in [7, 11) is -0.376. The predicted molar refractivity (Wildman–Crippen MR) is 56.4 cm³/mol. The number of aliphatic imine (C=N–C) groups is 1. The van der Waals surface area contributed by atoms with E-state index >= 15 is 0 Å². The highest BCUT2D eigenvalue weighted by Crippen LogP contribution is 2.02. The second-order valence-electron chi connectivity index (χ2n) is 2.99. The van der Waals surface area contributed by atoms with Crippen molar-refractivity contribution in [3.8, 4) is 0 Å². The van der Waals surface area contributed by atoms with E-state index in [0.717, 1.165) is 25.3 Å². The van der Waals surface area contributed by atoms with Gasteiger partial charge in [-0.1, -0.05) is 13.8 Å². The Bertz CT molecular complexity index is 154. The van der Waals surface area contributed by atoms with E-state index in [1.165, 1.54) is 6.08 Å². The zero-order chi connectivity index (χ0) is 9.94. The molecule has 4 heteroatoms. The van der Waals surface area contributed by atoms with Crippen molar-refractivity contribution < 1.29 is 9.22 Å².